The van der Waals surface area contributed by atoms with E-state index in [-0.39, 0.29) is 17.7 Å². The highest BCUT2D eigenvalue weighted by Crippen LogP contribution is 2.34. The number of benzene rings is 2. The van der Waals surface area contributed by atoms with E-state index in [1.807, 2.05) is 36.1 Å². The van der Waals surface area contributed by atoms with E-state index in [4.69, 9.17) is 14.2 Å². The molecule has 4 rings (SSSR count). The second-order valence-electron chi connectivity index (χ2n) is 9.57. The Bertz CT molecular complexity index is 1100. The van der Waals surface area contributed by atoms with Gasteiger partial charge in [0.2, 0.25) is 5.91 Å². The van der Waals surface area contributed by atoms with Crippen LogP contribution in [0.3, 0.4) is 0 Å². The average molecular weight is 496 g/mol. The van der Waals surface area contributed by atoms with Crippen molar-refractivity contribution in [1.29, 1.82) is 0 Å². The molecule has 0 aliphatic carbocycles. The number of aryl methyl sites for hydroxylation is 1. The molecule has 2 amide bonds. The predicted molar refractivity (Wildman–Crippen MR) is 138 cm³/mol. The van der Waals surface area contributed by atoms with Crippen molar-refractivity contribution in [2.24, 2.45) is 5.92 Å². The number of likely N-dealkylation sites (tertiary alicyclic amines) is 1. The molecular formula is C28H37N3O5. The maximum absolute atomic E-state index is 13.4. The molecule has 8 nitrogen and oxygen atoms in total. The standard InChI is InChI=1S/C28H37N3O5/c1-19-7-8-21(15-24(19)34-2)27(32)29-10-13-30-11-5-6-22(17-30)28(33)31-12-9-20-14-25(35-3)26(36-4)16-23(20)18-31/h7-8,14-16,22H,5-6,9-13,17-18H2,1-4H3,(H,29,32). The van der Waals surface area contributed by atoms with Crippen LogP contribution in [0.5, 0.6) is 17.2 Å². The van der Waals surface area contributed by atoms with Crippen molar-refractivity contribution < 1.29 is 23.8 Å². The first-order valence-electron chi connectivity index (χ1n) is 12.6. The molecule has 1 fully saturated rings. The number of hydrogen-bond acceptors (Lipinski definition) is 6. The summed E-state index contributed by atoms with van der Waals surface area (Å²) in [5.74, 6) is 2.22. The topological polar surface area (TPSA) is 80.3 Å². The lowest BCUT2D eigenvalue weighted by Gasteiger charge is -2.37. The number of carbonyl (C=O) groups is 2. The Kier molecular flexibility index (Phi) is 8.36. The van der Waals surface area contributed by atoms with E-state index in [1.165, 1.54) is 5.56 Å². The summed E-state index contributed by atoms with van der Waals surface area (Å²) in [6.07, 6.45) is 2.70. The number of rotatable bonds is 8. The van der Waals surface area contributed by atoms with Gasteiger partial charge in [0.1, 0.15) is 5.75 Å². The van der Waals surface area contributed by atoms with E-state index in [0.717, 1.165) is 55.8 Å². The first kappa shape index (κ1) is 25.8. The van der Waals surface area contributed by atoms with Gasteiger partial charge >= 0.3 is 0 Å². The molecule has 194 valence electrons. The molecule has 8 heteroatoms. The third-order valence-corrected chi connectivity index (χ3v) is 7.27. The van der Waals surface area contributed by atoms with Crippen LogP contribution in [0.25, 0.3) is 0 Å². The second-order valence-corrected chi connectivity index (χ2v) is 9.57. The lowest BCUT2D eigenvalue weighted by Crippen LogP contribution is -2.47. The minimum atomic E-state index is -0.114. The number of piperidine rings is 1. The molecule has 0 saturated carbocycles. The normalized spacial score (nSPS) is 17.8. The molecule has 1 atom stereocenters. The quantitative estimate of drug-likeness (QED) is 0.607. The van der Waals surface area contributed by atoms with Crippen LogP contribution in [0, 0.1) is 12.8 Å². The minimum absolute atomic E-state index is 0.0162. The van der Waals surface area contributed by atoms with Crippen molar-refractivity contribution in [1.82, 2.24) is 15.1 Å². The van der Waals surface area contributed by atoms with Crippen LogP contribution < -0.4 is 19.5 Å². The SMILES string of the molecule is COc1cc(C(=O)NCCN2CCCC(C(=O)N3CCc4cc(OC)c(OC)cc4C3)C2)ccc1C. The summed E-state index contributed by atoms with van der Waals surface area (Å²) in [6.45, 7) is 6.19. The van der Waals surface area contributed by atoms with E-state index in [0.29, 0.717) is 36.7 Å². The summed E-state index contributed by atoms with van der Waals surface area (Å²) < 4.78 is 16.2. The zero-order valence-electron chi connectivity index (χ0n) is 21.8. The number of methoxy groups -OCH3 is 3. The smallest absolute Gasteiger partial charge is 0.251 e. The number of ether oxygens (including phenoxy) is 3. The molecule has 1 saturated heterocycles. The van der Waals surface area contributed by atoms with Crippen molar-refractivity contribution in [2.75, 3.05) is 54.1 Å². The Labute approximate surface area is 213 Å². The molecule has 2 aromatic carbocycles. The van der Waals surface area contributed by atoms with Crippen molar-refractivity contribution in [3.8, 4) is 17.2 Å². The minimum Gasteiger partial charge on any atom is -0.496 e. The third kappa shape index (κ3) is 5.75. The molecule has 1 unspecified atom stereocenters. The highest BCUT2D eigenvalue weighted by Gasteiger charge is 2.31. The van der Waals surface area contributed by atoms with E-state index in [2.05, 4.69) is 10.2 Å². The zero-order valence-corrected chi connectivity index (χ0v) is 21.8. The maximum Gasteiger partial charge on any atom is 0.251 e. The fourth-order valence-corrected chi connectivity index (χ4v) is 5.18. The molecule has 0 spiro atoms. The second kappa shape index (κ2) is 11.6. The average Bonchev–Trinajstić information content (AvgIpc) is 2.91. The molecular weight excluding hydrogens is 458 g/mol. The van der Waals surface area contributed by atoms with Crippen molar-refractivity contribution >= 4 is 11.8 Å². The molecule has 1 N–H and O–H groups in total. The summed E-state index contributed by atoms with van der Waals surface area (Å²) in [6, 6.07) is 9.49. The Morgan fingerprint density at radius 1 is 0.972 bits per heavy atom. The van der Waals surface area contributed by atoms with E-state index in [1.54, 1.807) is 27.4 Å². The van der Waals surface area contributed by atoms with Gasteiger partial charge < -0.3 is 29.3 Å². The first-order chi connectivity index (χ1) is 17.4. The molecule has 36 heavy (non-hydrogen) atoms. The number of amides is 2. The van der Waals surface area contributed by atoms with Crippen molar-refractivity contribution in [2.45, 2.75) is 32.7 Å². The molecule has 0 bridgehead atoms. The Morgan fingerprint density at radius 3 is 2.42 bits per heavy atom. The number of carbonyl (C=O) groups excluding carboxylic acids is 2. The van der Waals surface area contributed by atoms with Gasteiger partial charge in [0.15, 0.2) is 11.5 Å². The first-order valence-corrected chi connectivity index (χ1v) is 12.6. The van der Waals surface area contributed by atoms with Gasteiger partial charge in [0, 0.05) is 38.3 Å². The van der Waals surface area contributed by atoms with Crippen LogP contribution in [-0.4, -0.2) is 75.7 Å². The van der Waals surface area contributed by atoms with E-state index in [9.17, 15) is 9.59 Å². The fourth-order valence-electron chi connectivity index (χ4n) is 5.18. The van der Waals surface area contributed by atoms with Crippen LogP contribution in [0.15, 0.2) is 30.3 Å². The van der Waals surface area contributed by atoms with Crippen molar-refractivity contribution in [3.63, 3.8) is 0 Å². The zero-order chi connectivity index (χ0) is 25.7. The molecule has 0 aromatic heterocycles. The third-order valence-electron chi connectivity index (χ3n) is 7.27. The Balaban J connectivity index is 1.29. The lowest BCUT2D eigenvalue weighted by molar-refractivity contribution is -0.138. The van der Waals surface area contributed by atoms with Gasteiger partial charge in [-0.2, -0.15) is 0 Å². The van der Waals surface area contributed by atoms with Crippen LogP contribution in [0.1, 0.15) is 39.9 Å². The molecule has 0 radical (unpaired) electrons. The van der Waals surface area contributed by atoms with Crippen LogP contribution >= 0.6 is 0 Å². The summed E-state index contributed by atoms with van der Waals surface area (Å²) >= 11 is 0. The van der Waals surface area contributed by atoms with E-state index < -0.39 is 0 Å². The van der Waals surface area contributed by atoms with E-state index >= 15 is 0 Å². The summed E-state index contributed by atoms with van der Waals surface area (Å²) in [7, 11) is 4.88. The maximum atomic E-state index is 13.4. The monoisotopic (exact) mass is 495 g/mol. The van der Waals surface area contributed by atoms with Gasteiger partial charge in [-0.25, -0.2) is 0 Å². The highest BCUT2D eigenvalue weighted by atomic mass is 16.5. The van der Waals surface area contributed by atoms with Gasteiger partial charge in [-0.05, 0) is 73.7 Å². The number of hydrogen-bond donors (Lipinski definition) is 1. The molecule has 2 aliphatic heterocycles. The van der Waals surface area contributed by atoms with Gasteiger partial charge in [-0.1, -0.05) is 6.07 Å². The molecule has 2 aromatic rings. The lowest BCUT2D eigenvalue weighted by atomic mass is 9.93. The van der Waals surface area contributed by atoms with Gasteiger partial charge in [-0.15, -0.1) is 0 Å². The largest absolute Gasteiger partial charge is 0.496 e. The number of nitrogens with one attached hydrogen (secondary N) is 1. The summed E-state index contributed by atoms with van der Waals surface area (Å²) in [5.41, 5.74) is 3.91. The Hall–Kier alpha value is -3.26. The van der Waals surface area contributed by atoms with Gasteiger partial charge in [0.25, 0.3) is 5.91 Å². The van der Waals surface area contributed by atoms with Gasteiger partial charge in [0.05, 0.1) is 27.2 Å². The summed E-state index contributed by atoms with van der Waals surface area (Å²) in [4.78, 5) is 30.2. The van der Waals surface area contributed by atoms with Gasteiger partial charge in [-0.3, -0.25) is 9.59 Å². The summed E-state index contributed by atoms with van der Waals surface area (Å²) in [5, 5.41) is 3.00. The van der Waals surface area contributed by atoms with Crippen LogP contribution in [0.2, 0.25) is 0 Å². The van der Waals surface area contributed by atoms with Crippen molar-refractivity contribution in [3.05, 3.63) is 52.6 Å². The highest BCUT2D eigenvalue weighted by molar-refractivity contribution is 5.94. The number of nitrogens with zero attached hydrogens (tertiary/aromatic N) is 2. The van der Waals surface area contributed by atoms with Crippen LogP contribution in [0.4, 0.5) is 0 Å². The predicted octanol–water partition coefficient (Wildman–Crippen LogP) is 3.05. The van der Waals surface area contributed by atoms with Crippen LogP contribution in [-0.2, 0) is 17.8 Å². The molecule has 2 heterocycles. The fraction of sp³-hybridized carbons (Fsp3) is 0.500. The molecule has 2 aliphatic rings. The number of fused-ring (bicyclic) bond motifs is 1. The Morgan fingerprint density at radius 2 is 1.69 bits per heavy atom.